The van der Waals surface area contributed by atoms with Crippen molar-refractivity contribution < 1.29 is 14.3 Å². The third-order valence-corrected chi connectivity index (χ3v) is 5.62. The highest BCUT2D eigenvalue weighted by atomic mass is 32.2. The number of rotatable bonds is 6. The molecule has 0 radical (unpaired) electrons. The Morgan fingerprint density at radius 1 is 1.32 bits per heavy atom. The lowest BCUT2D eigenvalue weighted by Crippen LogP contribution is -2.20. The molecule has 1 heterocycles. The number of ether oxygens (including phenoxy) is 2. The number of methoxy groups -OCH3 is 2. The van der Waals surface area contributed by atoms with Gasteiger partial charge in [0, 0.05) is 25.0 Å². The molecule has 0 atom stereocenters. The smallest absolute Gasteiger partial charge is 0.236 e. The van der Waals surface area contributed by atoms with Gasteiger partial charge in [-0.1, -0.05) is 24.0 Å². The maximum absolute atomic E-state index is 12.0. The molecule has 0 fully saturated rings. The molecule has 0 spiro atoms. The molecule has 25 heavy (non-hydrogen) atoms. The summed E-state index contributed by atoms with van der Waals surface area (Å²) in [7, 11) is 6.88. The number of carbonyl (C=O) groups excluding carboxylic acids is 1. The molecule has 0 aliphatic rings. The van der Waals surface area contributed by atoms with E-state index in [1.807, 2.05) is 37.7 Å². The number of thiazole rings is 1. The van der Waals surface area contributed by atoms with Crippen molar-refractivity contribution in [3.05, 3.63) is 23.6 Å². The van der Waals surface area contributed by atoms with E-state index in [0.29, 0.717) is 21.0 Å². The highest BCUT2D eigenvalue weighted by molar-refractivity contribution is 8.23. The number of nitrogens with zero attached hydrogens (tertiary/aromatic N) is 2. The topological polar surface area (TPSA) is 63.7 Å². The van der Waals surface area contributed by atoms with Gasteiger partial charge in [-0.3, -0.25) is 4.79 Å². The minimum Gasteiger partial charge on any atom is -0.493 e. The Bertz CT molecular complexity index is 762. The van der Waals surface area contributed by atoms with Crippen LogP contribution < -0.4 is 14.8 Å². The van der Waals surface area contributed by atoms with Crippen molar-refractivity contribution in [2.45, 2.75) is 0 Å². The summed E-state index contributed by atoms with van der Waals surface area (Å²) in [6.07, 6.45) is 0. The Kier molecular flexibility index (Phi) is 7.03. The van der Waals surface area contributed by atoms with Gasteiger partial charge in [-0.05, 0) is 18.2 Å². The molecular formula is C16H19N3O3S3. The van der Waals surface area contributed by atoms with Crippen LogP contribution in [0.1, 0.15) is 0 Å². The minimum absolute atomic E-state index is 0.137. The Balaban J connectivity index is 2.02. The van der Waals surface area contributed by atoms with E-state index in [2.05, 4.69) is 10.3 Å². The van der Waals surface area contributed by atoms with Crippen molar-refractivity contribution in [3.8, 4) is 22.8 Å². The third-order valence-electron chi connectivity index (χ3n) is 3.12. The summed E-state index contributed by atoms with van der Waals surface area (Å²) in [5.74, 6) is 1.40. The molecule has 6 nitrogen and oxygen atoms in total. The Morgan fingerprint density at radius 2 is 2.04 bits per heavy atom. The highest BCUT2D eigenvalue weighted by Gasteiger charge is 2.12. The van der Waals surface area contributed by atoms with E-state index < -0.39 is 0 Å². The van der Waals surface area contributed by atoms with Crippen LogP contribution in [0.25, 0.3) is 11.3 Å². The van der Waals surface area contributed by atoms with Gasteiger partial charge in [0.15, 0.2) is 16.6 Å². The second kappa shape index (κ2) is 9.02. The van der Waals surface area contributed by atoms with Gasteiger partial charge in [0.1, 0.15) is 4.32 Å². The average Bonchev–Trinajstić information content (AvgIpc) is 3.07. The van der Waals surface area contributed by atoms with Gasteiger partial charge in [-0.2, -0.15) is 0 Å². The van der Waals surface area contributed by atoms with Gasteiger partial charge in [-0.25, -0.2) is 4.98 Å². The summed E-state index contributed by atoms with van der Waals surface area (Å²) in [6.45, 7) is 0. The van der Waals surface area contributed by atoms with E-state index in [4.69, 9.17) is 21.7 Å². The van der Waals surface area contributed by atoms with Crippen molar-refractivity contribution in [3.63, 3.8) is 0 Å². The van der Waals surface area contributed by atoms with E-state index in [9.17, 15) is 4.79 Å². The van der Waals surface area contributed by atoms with Crippen LogP contribution in [0.2, 0.25) is 0 Å². The van der Waals surface area contributed by atoms with Crippen LogP contribution in [0, 0.1) is 0 Å². The van der Waals surface area contributed by atoms with Gasteiger partial charge in [0.2, 0.25) is 5.91 Å². The largest absolute Gasteiger partial charge is 0.493 e. The zero-order chi connectivity index (χ0) is 18.4. The normalized spacial score (nSPS) is 10.2. The first-order chi connectivity index (χ1) is 11.9. The molecule has 1 aromatic carbocycles. The number of hydrogen-bond donors (Lipinski definition) is 1. The number of carbonyl (C=O) groups is 1. The average molecular weight is 398 g/mol. The molecular weight excluding hydrogens is 378 g/mol. The second-order valence-corrected chi connectivity index (χ2v) is 7.57. The number of amides is 1. The number of nitrogens with one attached hydrogen (secondary N) is 1. The predicted octanol–water partition coefficient (Wildman–Crippen LogP) is 3.35. The van der Waals surface area contributed by atoms with Crippen molar-refractivity contribution in [1.29, 1.82) is 0 Å². The number of thiocarbonyl (C=S) groups is 1. The molecule has 0 aliphatic carbocycles. The van der Waals surface area contributed by atoms with Crippen LogP contribution in [0.3, 0.4) is 0 Å². The zero-order valence-corrected chi connectivity index (χ0v) is 16.8. The number of aromatic nitrogens is 1. The summed E-state index contributed by atoms with van der Waals surface area (Å²) in [5, 5.41) is 5.22. The Labute approximate surface area is 160 Å². The van der Waals surface area contributed by atoms with Crippen molar-refractivity contribution in [2.24, 2.45) is 0 Å². The zero-order valence-electron chi connectivity index (χ0n) is 14.4. The van der Waals surface area contributed by atoms with Crippen molar-refractivity contribution in [2.75, 3.05) is 39.4 Å². The summed E-state index contributed by atoms with van der Waals surface area (Å²) < 4.78 is 11.2. The molecule has 1 aromatic heterocycles. The molecule has 134 valence electrons. The first-order valence-electron chi connectivity index (χ1n) is 7.26. The SMILES string of the molecule is COc1ccc(-c2csc(NC(=O)CSC(=S)N(C)C)n2)cc1OC. The monoisotopic (exact) mass is 397 g/mol. The summed E-state index contributed by atoms with van der Waals surface area (Å²) >= 11 is 7.83. The van der Waals surface area contributed by atoms with Gasteiger partial charge >= 0.3 is 0 Å². The Hall–Kier alpha value is -1.84. The van der Waals surface area contributed by atoms with Crippen LogP contribution in [0.15, 0.2) is 23.6 Å². The highest BCUT2D eigenvalue weighted by Crippen LogP contribution is 2.33. The number of thioether (sulfide) groups is 1. The maximum atomic E-state index is 12.0. The van der Waals surface area contributed by atoms with E-state index in [-0.39, 0.29) is 11.7 Å². The van der Waals surface area contributed by atoms with Gasteiger partial charge < -0.3 is 19.7 Å². The molecule has 9 heteroatoms. The van der Waals surface area contributed by atoms with Crippen LogP contribution in [0.5, 0.6) is 11.5 Å². The quantitative estimate of drug-likeness (QED) is 0.750. The number of hydrogen-bond acceptors (Lipinski definition) is 7. The van der Waals surface area contributed by atoms with E-state index in [1.54, 1.807) is 19.1 Å². The fourth-order valence-corrected chi connectivity index (χ4v) is 3.37. The molecule has 0 saturated carbocycles. The maximum Gasteiger partial charge on any atom is 0.236 e. The Morgan fingerprint density at radius 3 is 2.68 bits per heavy atom. The second-order valence-electron chi connectivity index (χ2n) is 5.10. The fraction of sp³-hybridized carbons (Fsp3) is 0.312. The van der Waals surface area contributed by atoms with Gasteiger partial charge in [-0.15, -0.1) is 11.3 Å². The summed E-state index contributed by atoms with van der Waals surface area (Å²) in [6, 6.07) is 5.57. The molecule has 0 unspecified atom stereocenters. The molecule has 2 aromatic rings. The van der Waals surface area contributed by atoms with Crippen molar-refractivity contribution >= 4 is 50.7 Å². The third kappa shape index (κ3) is 5.32. The number of anilines is 1. The van der Waals surface area contributed by atoms with Crippen LogP contribution in [-0.4, -0.2) is 54.2 Å². The molecule has 0 aliphatic heterocycles. The van der Waals surface area contributed by atoms with E-state index >= 15 is 0 Å². The first-order valence-corrected chi connectivity index (χ1v) is 9.53. The lowest BCUT2D eigenvalue weighted by atomic mass is 10.1. The fourth-order valence-electron chi connectivity index (χ4n) is 1.87. The van der Waals surface area contributed by atoms with E-state index in [1.165, 1.54) is 23.1 Å². The molecule has 0 saturated heterocycles. The summed E-state index contributed by atoms with van der Waals surface area (Å²) in [5.41, 5.74) is 1.65. The molecule has 2 rings (SSSR count). The molecule has 1 amide bonds. The van der Waals surface area contributed by atoms with Crippen LogP contribution >= 0.6 is 35.3 Å². The lowest BCUT2D eigenvalue weighted by molar-refractivity contribution is -0.113. The molecule has 1 N–H and O–H groups in total. The van der Waals surface area contributed by atoms with E-state index in [0.717, 1.165) is 11.3 Å². The first kappa shape index (κ1) is 19.5. The predicted molar refractivity (Wildman–Crippen MR) is 108 cm³/mol. The summed E-state index contributed by atoms with van der Waals surface area (Å²) in [4.78, 5) is 18.2. The lowest BCUT2D eigenvalue weighted by Gasteiger charge is -2.11. The van der Waals surface area contributed by atoms with Crippen LogP contribution in [0.4, 0.5) is 5.13 Å². The standard InChI is InChI=1S/C16H19N3O3S3/c1-19(2)16(23)25-9-14(20)18-15-17-11(8-24-15)10-5-6-12(21-3)13(7-10)22-4/h5-8H,9H2,1-4H3,(H,17,18,20). The van der Waals surface area contributed by atoms with Gasteiger partial charge in [0.25, 0.3) is 0 Å². The molecule has 0 bridgehead atoms. The number of benzene rings is 1. The van der Waals surface area contributed by atoms with Crippen LogP contribution in [-0.2, 0) is 4.79 Å². The van der Waals surface area contributed by atoms with Crippen molar-refractivity contribution in [1.82, 2.24) is 9.88 Å². The minimum atomic E-state index is -0.137. The van der Waals surface area contributed by atoms with Gasteiger partial charge in [0.05, 0.1) is 25.7 Å².